The number of carbonyl (C=O) groups is 2. The number of aryl methyl sites for hydroxylation is 1. The van der Waals surface area contributed by atoms with Gasteiger partial charge in [-0.3, -0.25) is 14.8 Å². The monoisotopic (exact) mass is 382 g/mol. The Morgan fingerprint density at radius 1 is 1.25 bits per heavy atom. The molecule has 0 unspecified atom stereocenters. The van der Waals surface area contributed by atoms with E-state index in [2.05, 4.69) is 10.3 Å². The van der Waals surface area contributed by atoms with E-state index in [4.69, 9.17) is 9.62 Å². The Kier molecular flexibility index (Phi) is 4.87. The van der Waals surface area contributed by atoms with Gasteiger partial charge in [-0.25, -0.2) is 10.5 Å². The number of benzene rings is 1. The maximum atomic E-state index is 12.5. The quantitative estimate of drug-likeness (QED) is 0.464. The summed E-state index contributed by atoms with van der Waals surface area (Å²) in [5, 5.41) is 11.7. The van der Waals surface area contributed by atoms with Gasteiger partial charge in [-0.2, -0.15) is 0 Å². The Bertz CT molecular complexity index is 1020. The van der Waals surface area contributed by atoms with Crippen molar-refractivity contribution in [1.82, 2.24) is 20.3 Å². The zero-order chi connectivity index (χ0) is 19.7. The number of fused-ring (bicyclic) bond motifs is 1. The van der Waals surface area contributed by atoms with Gasteiger partial charge in [0.15, 0.2) is 5.76 Å². The minimum absolute atomic E-state index is 0.201. The number of aromatic nitrogens is 2. The molecule has 2 aromatic heterocycles. The molecular formula is C20H22N4O4. The predicted octanol–water partition coefficient (Wildman–Crippen LogP) is 2.39. The van der Waals surface area contributed by atoms with Crippen molar-refractivity contribution in [2.45, 2.75) is 38.8 Å². The summed E-state index contributed by atoms with van der Waals surface area (Å²) in [6.07, 6.45) is 2.14. The van der Waals surface area contributed by atoms with E-state index in [1.165, 1.54) is 0 Å². The summed E-state index contributed by atoms with van der Waals surface area (Å²) in [6, 6.07) is 11.0. The Balaban J connectivity index is 1.47. The smallest absolute Gasteiger partial charge is 0.287 e. The van der Waals surface area contributed by atoms with Crippen molar-refractivity contribution >= 4 is 22.8 Å². The van der Waals surface area contributed by atoms with Crippen molar-refractivity contribution in [1.29, 1.82) is 0 Å². The number of amides is 2. The average Bonchev–Trinajstić information content (AvgIpc) is 3.41. The Hall–Kier alpha value is -3.13. The topological polar surface area (TPSA) is 109 Å². The van der Waals surface area contributed by atoms with E-state index in [1.807, 2.05) is 35.8 Å². The number of nitrogens with zero attached hydrogens (tertiary/aromatic N) is 2. The summed E-state index contributed by atoms with van der Waals surface area (Å²) in [7, 11) is 0. The zero-order valence-corrected chi connectivity index (χ0v) is 15.5. The molecule has 3 N–H and O–H groups in total. The Morgan fingerprint density at radius 3 is 2.89 bits per heavy atom. The van der Waals surface area contributed by atoms with Crippen LogP contribution in [0.3, 0.4) is 0 Å². The first-order valence-corrected chi connectivity index (χ1v) is 9.32. The van der Waals surface area contributed by atoms with Crippen LogP contribution in [0.4, 0.5) is 0 Å². The number of furan rings is 1. The molecule has 146 valence electrons. The summed E-state index contributed by atoms with van der Waals surface area (Å²) in [5.41, 5.74) is 3.60. The molecule has 0 saturated heterocycles. The maximum Gasteiger partial charge on any atom is 0.287 e. The molecule has 2 atom stereocenters. The summed E-state index contributed by atoms with van der Waals surface area (Å²) in [5.74, 6) is 0.460. The first kappa shape index (κ1) is 18.2. The third kappa shape index (κ3) is 3.38. The van der Waals surface area contributed by atoms with E-state index in [-0.39, 0.29) is 17.7 Å². The summed E-state index contributed by atoms with van der Waals surface area (Å²) >= 11 is 0. The average molecular weight is 382 g/mol. The van der Waals surface area contributed by atoms with Gasteiger partial charge in [-0.15, -0.1) is 0 Å². The normalized spacial score (nSPS) is 19.1. The minimum Gasteiger partial charge on any atom is -0.454 e. The molecule has 0 bridgehead atoms. The van der Waals surface area contributed by atoms with Gasteiger partial charge in [-0.1, -0.05) is 18.6 Å². The molecule has 3 aromatic rings. The largest absolute Gasteiger partial charge is 0.454 e. The standard InChI is InChI=1S/C20H22N4O4/c1-12-21-16-6-2-3-8-17(16)24(12)11-13-9-10-18(28-13)20(26)22-15-7-4-5-14(15)19(25)23-27/h2-3,6,8-10,14-15,27H,4-5,7,11H2,1H3,(H,22,26)(H,23,25)/t14-,15+/m0/s1. The molecule has 2 amide bonds. The number of hydroxylamine groups is 1. The molecule has 1 fully saturated rings. The van der Waals surface area contributed by atoms with Crippen LogP contribution in [0.2, 0.25) is 0 Å². The lowest BCUT2D eigenvalue weighted by atomic mass is 10.0. The maximum absolute atomic E-state index is 12.5. The Labute approximate surface area is 161 Å². The molecule has 8 heteroatoms. The van der Waals surface area contributed by atoms with Crippen molar-refractivity contribution in [3.05, 3.63) is 53.7 Å². The van der Waals surface area contributed by atoms with Gasteiger partial charge in [0, 0.05) is 6.04 Å². The van der Waals surface area contributed by atoms with E-state index < -0.39 is 11.8 Å². The Morgan fingerprint density at radius 2 is 2.07 bits per heavy atom. The first-order valence-electron chi connectivity index (χ1n) is 9.32. The first-order chi connectivity index (χ1) is 13.6. The van der Waals surface area contributed by atoms with Crippen LogP contribution in [0.15, 0.2) is 40.8 Å². The number of para-hydroxylation sites is 2. The summed E-state index contributed by atoms with van der Waals surface area (Å²) < 4.78 is 7.78. The lowest BCUT2D eigenvalue weighted by Crippen LogP contribution is -2.43. The van der Waals surface area contributed by atoms with Gasteiger partial charge >= 0.3 is 0 Å². The number of rotatable bonds is 5. The number of imidazole rings is 1. The van der Waals surface area contributed by atoms with Gasteiger partial charge in [0.1, 0.15) is 11.6 Å². The fourth-order valence-electron chi connectivity index (χ4n) is 3.91. The van der Waals surface area contributed by atoms with E-state index >= 15 is 0 Å². The lowest BCUT2D eigenvalue weighted by molar-refractivity contribution is -0.133. The molecular weight excluding hydrogens is 360 g/mol. The molecule has 28 heavy (non-hydrogen) atoms. The van der Waals surface area contributed by atoms with Crippen LogP contribution in [0.25, 0.3) is 11.0 Å². The van der Waals surface area contributed by atoms with Crippen LogP contribution in [-0.4, -0.2) is 32.6 Å². The van der Waals surface area contributed by atoms with Crippen molar-refractivity contribution in [2.75, 3.05) is 0 Å². The fraction of sp³-hybridized carbons (Fsp3) is 0.350. The van der Waals surface area contributed by atoms with Crippen molar-refractivity contribution < 1.29 is 19.2 Å². The fourth-order valence-corrected chi connectivity index (χ4v) is 3.91. The highest BCUT2D eigenvalue weighted by Gasteiger charge is 2.34. The summed E-state index contributed by atoms with van der Waals surface area (Å²) in [6.45, 7) is 2.40. The highest BCUT2D eigenvalue weighted by atomic mass is 16.5. The van der Waals surface area contributed by atoms with E-state index in [0.717, 1.165) is 23.3 Å². The molecule has 1 aliphatic rings. The number of hydrogen-bond donors (Lipinski definition) is 3. The van der Waals surface area contributed by atoms with Crippen LogP contribution in [-0.2, 0) is 11.3 Å². The molecule has 4 rings (SSSR count). The van der Waals surface area contributed by atoms with Gasteiger partial charge in [0.05, 0.1) is 23.5 Å². The molecule has 0 radical (unpaired) electrons. The summed E-state index contributed by atoms with van der Waals surface area (Å²) in [4.78, 5) is 28.8. The third-order valence-electron chi connectivity index (χ3n) is 5.32. The predicted molar refractivity (Wildman–Crippen MR) is 101 cm³/mol. The second kappa shape index (κ2) is 7.47. The van der Waals surface area contributed by atoms with Crippen LogP contribution in [0.1, 0.15) is 41.4 Å². The molecule has 0 spiro atoms. The van der Waals surface area contributed by atoms with Gasteiger partial charge in [0.2, 0.25) is 5.91 Å². The lowest BCUT2D eigenvalue weighted by Gasteiger charge is -2.18. The van der Waals surface area contributed by atoms with E-state index in [9.17, 15) is 9.59 Å². The van der Waals surface area contributed by atoms with Gasteiger partial charge in [0.25, 0.3) is 5.91 Å². The van der Waals surface area contributed by atoms with Crippen LogP contribution < -0.4 is 10.8 Å². The van der Waals surface area contributed by atoms with Crippen LogP contribution in [0.5, 0.6) is 0 Å². The van der Waals surface area contributed by atoms with Gasteiger partial charge < -0.3 is 14.3 Å². The SMILES string of the molecule is Cc1nc2ccccc2n1Cc1ccc(C(=O)N[C@@H]2CCC[C@@H]2C(=O)NO)o1. The van der Waals surface area contributed by atoms with Crippen molar-refractivity contribution in [3.63, 3.8) is 0 Å². The molecule has 8 nitrogen and oxygen atoms in total. The van der Waals surface area contributed by atoms with Crippen LogP contribution >= 0.6 is 0 Å². The van der Waals surface area contributed by atoms with Gasteiger partial charge in [-0.05, 0) is 44.0 Å². The zero-order valence-electron chi connectivity index (χ0n) is 15.5. The highest BCUT2D eigenvalue weighted by molar-refractivity contribution is 5.92. The van der Waals surface area contributed by atoms with E-state index in [0.29, 0.717) is 25.1 Å². The van der Waals surface area contributed by atoms with E-state index in [1.54, 1.807) is 17.6 Å². The van der Waals surface area contributed by atoms with Crippen LogP contribution in [0, 0.1) is 12.8 Å². The molecule has 2 heterocycles. The molecule has 1 saturated carbocycles. The molecule has 1 aliphatic carbocycles. The third-order valence-corrected chi connectivity index (χ3v) is 5.32. The van der Waals surface area contributed by atoms with Crippen molar-refractivity contribution in [2.24, 2.45) is 5.92 Å². The number of nitrogens with one attached hydrogen (secondary N) is 2. The number of hydrogen-bond acceptors (Lipinski definition) is 5. The van der Waals surface area contributed by atoms with Crippen molar-refractivity contribution in [3.8, 4) is 0 Å². The molecule has 1 aromatic carbocycles. The number of carbonyl (C=O) groups excluding carboxylic acids is 2. The second-order valence-corrected chi connectivity index (χ2v) is 7.09. The molecule has 0 aliphatic heterocycles. The highest BCUT2D eigenvalue weighted by Crippen LogP contribution is 2.26. The minimum atomic E-state index is -0.467. The second-order valence-electron chi connectivity index (χ2n) is 7.09.